The Bertz CT molecular complexity index is 968. The van der Waals surface area contributed by atoms with Gasteiger partial charge in [0, 0.05) is 11.8 Å². The molecule has 3 aromatic rings. The number of rotatable bonds is 2. The van der Waals surface area contributed by atoms with Gasteiger partial charge in [-0.25, -0.2) is 4.68 Å². The molecule has 0 saturated heterocycles. The third-order valence-corrected chi connectivity index (χ3v) is 3.63. The van der Waals surface area contributed by atoms with E-state index in [9.17, 15) is 26.3 Å². The topological polar surface area (TPSA) is 81.9 Å². The standard InChI is InChI=1S/C11H10F3N3.C7H7F3N2.ClH/c1-7-5-10(15)17(16-7)9-4-2-3-8(6-9)11(12,13)14;8-7(9,10)5-2-1-3-6(4-5)12-11;/h2-6H,15H2,1H3;1-4,12H,11H2;1H. The zero-order chi connectivity index (χ0) is 21.8. The molecule has 0 aliphatic heterocycles. The molecule has 1 aromatic heterocycles. The van der Waals surface area contributed by atoms with Gasteiger partial charge in [0.15, 0.2) is 0 Å². The molecule has 1 heterocycles. The zero-order valence-electron chi connectivity index (χ0n) is 15.4. The Kier molecular flexibility index (Phi) is 8.14. The van der Waals surface area contributed by atoms with Crippen molar-refractivity contribution in [2.45, 2.75) is 19.3 Å². The highest BCUT2D eigenvalue weighted by atomic mass is 35.5. The lowest BCUT2D eigenvalue weighted by Crippen LogP contribution is -2.09. The van der Waals surface area contributed by atoms with Gasteiger partial charge in [0.25, 0.3) is 0 Å². The molecule has 0 aliphatic carbocycles. The summed E-state index contributed by atoms with van der Waals surface area (Å²) in [6.45, 7) is 1.72. The van der Waals surface area contributed by atoms with E-state index in [-0.39, 0.29) is 18.1 Å². The van der Waals surface area contributed by atoms with Gasteiger partial charge in [0.1, 0.15) is 5.82 Å². The van der Waals surface area contributed by atoms with Crippen LogP contribution in [0.15, 0.2) is 54.6 Å². The van der Waals surface area contributed by atoms with Gasteiger partial charge in [0.05, 0.1) is 22.5 Å². The first-order valence-electron chi connectivity index (χ1n) is 8.05. The molecule has 0 atom stereocenters. The highest BCUT2D eigenvalue weighted by Crippen LogP contribution is 2.31. The molecule has 0 saturated carbocycles. The van der Waals surface area contributed by atoms with E-state index in [4.69, 9.17) is 11.6 Å². The number of hydrogen-bond acceptors (Lipinski definition) is 4. The SMILES string of the molecule is Cc1cc(N)n(-c2cccc(C(F)(F)F)c2)n1.Cl.NNc1cccc(C(F)(F)F)c1. The van der Waals surface area contributed by atoms with Crippen LogP contribution in [0.25, 0.3) is 5.69 Å². The van der Waals surface area contributed by atoms with Gasteiger partial charge in [-0.15, -0.1) is 12.4 Å². The molecule has 0 spiro atoms. The monoisotopic (exact) mass is 453 g/mol. The number of nitrogen functional groups attached to an aromatic ring is 2. The van der Waals surface area contributed by atoms with Gasteiger partial charge < -0.3 is 11.2 Å². The summed E-state index contributed by atoms with van der Waals surface area (Å²) in [4.78, 5) is 0. The predicted octanol–water partition coefficient (Wildman–Crippen LogP) is 5.19. The number of alkyl halides is 6. The van der Waals surface area contributed by atoms with Crippen LogP contribution in [0.4, 0.5) is 37.8 Å². The first-order chi connectivity index (χ1) is 13.4. The highest BCUT2D eigenvalue weighted by molar-refractivity contribution is 5.85. The van der Waals surface area contributed by atoms with Gasteiger partial charge in [-0.2, -0.15) is 31.4 Å². The second kappa shape index (κ2) is 9.72. The second-order valence-corrected chi connectivity index (χ2v) is 5.89. The maximum absolute atomic E-state index is 12.5. The number of aromatic nitrogens is 2. The van der Waals surface area contributed by atoms with Gasteiger partial charge >= 0.3 is 12.4 Å². The van der Waals surface area contributed by atoms with Crippen LogP contribution in [0.3, 0.4) is 0 Å². The molecule has 2 aromatic carbocycles. The molecule has 0 unspecified atom stereocenters. The van der Waals surface area contributed by atoms with Crippen molar-refractivity contribution in [2.24, 2.45) is 5.84 Å². The van der Waals surface area contributed by atoms with Gasteiger partial charge in [-0.3, -0.25) is 5.84 Å². The quantitative estimate of drug-likeness (QED) is 0.283. The van der Waals surface area contributed by atoms with Gasteiger partial charge in [-0.05, 0) is 43.3 Å². The molecule has 12 heteroatoms. The molecule has 0 radical (unpaired) electrons. The molecule has 0 bridgehead atoms. The Morgan fingerprint density at radius 3 is 1.87 bits per heavy atom. The Balaban J connectivity index is 0.000000308. The maximum Gasteiger partial charge on any atom is 0.416 e. The average Bonchev–Trinajstić information content (AvgIpc) is 2.99. The Morgan fingerprint density at radius 1 is 0.867 bits per heavy atom. The lowest BCUT2D eigenvalue weighted by Gasteiger charge is -2.09. The third kappa shape index (κ3) is 6.56. The summed E-state index contributed by atoms with van der Waals surface area (Å²) >= 11 is 0. The van der Waals surface area contributed by atoms with Crippen molar-refractivity contribution in [1.29, 1.82) is 0 Å². The van der Waals surface area contributed by atoms with Crippen LogP contribution in [0.2, 0.25) is 0 Å². The van der Waals surface area contributed by atoms with Crippen molar-refractivity contribution in [3.63, 3.8) is 0 Å². The summed E-state index contributed by atoms with van der Waals surface area (Å²) in [6, 6.07) is 11.2. The van der Waals surface area contributed by atoms with Crippen LogP contribution in [0, 0.1) is 6.92 Å². The van der Waals surface area contributed by atoms with Crippen molar-refractivity contribution in [3.05, 3.63) is 71.4 Å². The lowest BCUT2D eigenvalue weighted by molar-refractivity contribution is -0.138. The Labute approximate surface area is 174 Å². The zero-order valence-corrected chi connectivity index (χ0v) is 16.2. The molecule has 0 amide bonds. The minimum absolute atomic E-state index is 0. The van der Waals surface area contributed by atoms with Crippen LogP contribution < -0.4 is 17.0 Å². The minimum atomic E-state index is -4.37. The third-order valence-electron chi connectivity index (χ3n) is 3.63. The van der Waals surface area contributed by atoms with Crippen LogP contribution in [-0.2, 0) is 12.4 Å². The Morgan fingerprint density at radius 2 is 1.40 bits per heavy atom. The van der Waals surface area contributed by atoms with E-state index in [0.29, 0.717) is 17.2 Å². The number of halogens is 7. The summed E-state index contributed by atoms with van der Waals surface area (Å²) in [7, 11) is 0. The largest absolute Gasteiger partial charge is 0.416 e. The fourth-order valence-corrected chi connectivity index (χ4v) is 2.33. The number of nitrogens with one attached hydrogen (secondary N) is 1. The van der Waals surface area contributed by atoms with Crippen molar-refractivity contribution in [1.82, 2.24) is 9.78 Å². The number of hydrazine groups is 1. The lowest BCUT2D eigenvalue weighted by atomic mass is 10.2. The van der Waals surface area contributed by atoms with E-state index in [2.05, 4.69) is 10.5 Å². The van der Waals surface area contributed by atoms with Crippen molar-refractivity contribution in [3.8, 4) is 5.69 Å². The molecule has 5 N–H and O–H groups in total. The van der Waals surface area contributed by atoms with Gasteiger partial charge in [0.2, 0.25) is 0 Å². The summed E-state index contributed by atoms with van der Waals surface area (Å²) in [5, 5.41) is 4.03. The fraction of sp³-hybridized carbons (Fsp3) is 0.167. The molecular weight excluding hydrogens is 436 g/mol. The summed E-state index contributed by atoms with van der Waals surface area (Å²) < 4.78 is 75.0. The number of benzene rings is 2. The highest BCUT2D eigenvalue weighted by Gasteiger charge is 2.31. The van der Waals surface area contributed by atoms with E-state index in [1.807, 2.05) is 0 Å². The van der Waals surface area contributed by atoms with Crippen molar-refractivity contribution >= 4 is 23.9 Å². The molecule has 164 valence electrons. The number of hydrogen-bond donors (Lipinski definition) is 3. The van der Waals surface area contributed by atoms with Crippen LogP contribution in [-0.4, -0.2) is 9.78 Å². The van der Waals surface area contributed by atoms with E-state index in [1.54, 1.807) is 13.0 Å². The molecule has 0 aliphatic rings. The summed E-state index contributed by atoms with van der Waals surface area (Å²) in [5.74, 6) is 5.25. The summed E-state index contributed by atoms with van der Waals surface area (Å²) in [5.41, 5.74) is 7.55. The Hall–Kier alpha value is -2.92. The second-order valence-electron chi connectivity index (χ2n) is 5.89. The molecule has 5 nitrogen and oxygen atoms in total. The summed E-state index contributed by atoms with van der Waals surface area (Å²) in [6.07, 6.45) is -8.68. The van der Waals surface area contributed by atoms with Gasteiger partial charge in [-0.1, -0.05) is 12.1 Å². The van der Waals surface area contributed by atoms with Crippen LogP contribution in [0.5, 0.6) is 0 Å². The first kappa shape index (κ1) is 25.1. The van der Waals surface area contributed by atoms with Crippen LogP contribution >= 0.6 is 12.4 Å². The molecule has 0 fully saturated rings. The number of anilines is 2. The number of nitrogens with two attached hydrogens (primary N) is 2. The normalized spacial score (nSPS) is 11.2. The predicted molar refractivity (Wildman–Crippen MR) is 104 cm³/mol. The van der Waals surface area contributed by atoms with Crippen molar-refractivity contribution in [2.75, 3.05) is 11.2 Å². The first-order valence-corrected chi connectivity index (χ1v) is 8.05. The molecular formula is C18H18ClF6N5. The van der Waals surface area contributed by atoms with Crippen LogP contribution in [0.1, 0.15) is 16.8 Å². The smallest absolute Gasteiger partial charge is 0.384 e. The molecule has 3 rings (SSSR count). The number of nitrogens with zero attached hydrogens (tertiary/aromatic N) is 2. The maximum atomic E-state index is 12.5. The van der Waals surface area contributed by atoms with E-state index in [1.165, 1.54) is 28.9 Å². The van der Waals surface area contributed by atoms with Crippen molar-refractivity contribution < 1.29 is 26.3 Å². The average molecular weight is 454 g/mol. The minimum Gasteiger partial charge on any atom is -0.384 e. The van der Waals surface area contributed by atoms with E-state index >= 15 is 0 Å². The number of aryl methyl sites for hydroxylation is 1. The fourth-order valence-electron chi connectivity index (χ4n) is 2.33. The van der Waals surface area contributed by atoms with E-state index in [0.717, 1.165) is 24.3 Å². The molecule has 30 heavy (non-hydrogen) atoms. The van der Waals surface area contributed by atoms with E-state index < -0.39 is 23.5 Å².